The quantitative estimate of drug-likeness (QED) is 0.245. The summed E-state index contributed by atoms with van der Waals surface area (Å²) >= 11 is 13.3. The SMILES string of the molecule is COc1cc(/C=C2/NC(=O)N(Cc3ccc(Br)cc3)C2=O)cc(Cl)c1OCc1ccc(Br)cc1. The van der Waals surface area contributed by atoms with E-state index in [4.69, 9.17) is 21.1 Å². The highest BCUT2D eigenvalue weighted by molar-refractivity contribution is 9.10. The summed E-state index contributed by atoms with van der Waals surface area (Å²) in [5.74, 6) is 0.395. The van der Waals surface area contributed by atoms with Gasteiger partial charge in [0.05, 0.1) is 18.7 Å². The van der Waals surface area contributed by atoms with Crippen molar-refractivity contribution in [2.45, 2.75) is 13.2 Å². The number of carbonyl (C=O) groups excluding carboxylic acids is 2. The molecule has 0 spiro atoms. The zero-order valence-corrected chi connectivity index (χ0v) is 21.9. The molecule has 0 radical (unpaired) electrons. The molecule has 174 valence electrons. The highest BCUT2D eigenvalue weighted by Gasteiger charge is 2.33. The molecule has 0 saturated carbocycles. The average Bonchev–Trinajstić information content (AvgIpc) is 3.07. The summed E-state index contributed by atoms with van der Waals surface area (Å²) in [5.41, 5.74) is 2.55. The van der Waals surface area contributed by atoms with E-state index in [-0.39, 0.29) is 12.2 Å². The van der Waals surface area contributed by atoms with Crippen LogP contribution in [-0.2, 0) is 17.9 Å². The Hall–Kier alpha value is -2.81. The van der Waals surface area contributed by atoms with Gasteiger partial charge in [0.25, 0.3) is 5.91 Å². The topological polar surface area (TPSA) is 67.9 Å². The number of methoxy groups -OCH3 is 1. The number of hydrogen-bond donors (Lipinski definition) is 1. The lowest BCUT2D eigenvalue weighted by atomic mass is 10.1. The minimum Gasteiger partial charge on any atom is -0.493 e. The van der Waals surface area contributed by atoms with Crippen LogP contribution in [0.1, 0.15) is 16.7 Å². The van der Waals surface area contributed by atoms with Crippen LogP contribution >= 0.6 is 43.5 Å². The summed E-state index contributed by atoms with van der Waals surface area (Å²) in [4.78, 5) is 26.4. The number of nitrogens with one attached hydrogen (secondary N) is 1. The monoisotopic (exact) mass is 604 g/mol. The van der Waals surface area contributed by atoms with Gasteiger partial charge in [0.1, 0.15) is 12.3 Å². The lowest BCUT2D eigenvalue weighted by Gasteiger charge is -2.14. The Bertz CT molecular complexity index is 1260. The van der Waals surface area contributed by atoms with Crippen molar-refractivity contribution in [1.82, 2.24) is 10.2 Å². The molecule has 34 heavy (non-hydrogen) atoms. The Labute approximate surface area is 218 Å². The molecule has 1 aliphatic heterocycles. The third kappa shape index (κ3) is 5.63. The Kier molecular flexibility index (Phi) is 7.60. The van der Waals surface area contributed by atoms with Gasteiger partial charge in [-0.15, -0.1) is 0 Å². The summed E-state index contributed by atoms with van der Waals surface area (Å²) < 4.78 is 13.3. The van der Waals surface area contributed by atoms with Crippen molar-refractivity contribution in [3.05, 3.63) is 97.0 Å². The molecular weight excluding hydrogens is 588 g/mol. The molecule has 3 aromatic rings. The molecule has 1 saturated heterocycles. The summed E-state index contributed by atoms with van der Waals surface area (Å²) in [6, 6.07) is 18.0. The summed E-state index contributed by atoms with van der Waals surface area (Å²) in [7, 11) is 1.51. The third-order valence-corrected chi connectivity index (χ3v) is 6.41. The molecule has 0 atom stereocenters. The van der Waals surface area contributed by atoms with Gasteiger partial charge >= 0.3 is 6.03 Å². The number of hydrogen-bond acceptors (Lipinski definition) is 4. The maximum absolute atomic E-state index is 12.9. The van der Waals surface area contributed by atoms with Crippen LogP contribution in [-0.4, -0.2) is 23.9 Å². The highest BCUT2D eigenvalue weighted by atomic mass is 79.9. The number of carbonyl (C=O) groups is 2. The molecule has 0 aromatic heterocycles. The largest absolute Gasteiger partial charge is 0.493 e. The van der Waals surface area contributed by atoms with E-state index < -0.39 is 11.9 Å². The average molecular weight is 607 g/mol. The van der Waals surface area contributed by atoms with E-state index >= 15 is 0 Å². The molecule has 9 heteroatoms. The second-order valence-electron chi connectivity index (χ2n) is 7.46. The molecule has 1 aliphatic rings. The van der Waals surface area contributed by atoms with Crippen LogP contribution < -0.4 is 14.8 Å². The molecule has 0 aliphatic carbocycles. The Morgan fingerprint density at radius 2 is 1.59 bits per heavy atom. The fourth-order valence-corrected chi connectivity index (χ4v) is 4.16. The van der Waals surface area contributed by atoms with Gasteiger partial charge in [-0.1, -0.05) is 67.7 Å². The summed E-state index contributed by atoms with van der Waals surface area (Å²) in [6.45, 7) is 0.478. The maximum Gasteiger partial charge on any atom is 0.329 e. The standard InChI is InChI=1S/C25H19Br2ClN2O4/c1-33-22-12-17(10-20(28)23(22)34-14-16-4-8-19(27)9-5-16)11-21-24(31)30(25(32)29-21)13-15-2-6-18(26)7-3-15/h2-12H,13-14H2,1H3,(H,29,32)/b21-11+. The molecule has 4 rings (SSSR count). The molecule has 3 aromatic carbocycles. The zero-order valence-electron chi connectivity index (χ0n) is 18.0. The molecule has 1 fully saturated rings. The minimum absolute atomic E-state index is 0.156. The number of urea groups is 1. The van der Waals surface area contributed by atoms with Crippen molar-refractivity contribution < 1.29 is 19.1 Å². The molecule has 3 amide bonds. The van der Waals surface area contributed by atoms with Crippen LogP contribution in [0.2, 0.25) is 5.02 Å². The van der Waals surface area contributed by atoms with Crippen molar-refractivity contribution in [1.29, 1.82) is 0 Å². The van der Waals surface area contributed by atoms with Crippen LogP contribution in [0.4, 0.5) is 4.79 Å². The first-order valence-electron chi connectivity index (χ1n) is 10.2. The number of amides is 3. The van der Waals surface area contributed by atoms with E-state index in [0.29, 0.717) is 28.7 Å². The molecule has 0 unspecified atom stereocenters. The lowest BCUT2D eigenvalue weighted by molar-refractivity contribution is -0.123. The molecule has 1 heterocycles. The minimum atomic E-state index is -0.480. The van der Waals surface area contributed by atoms with Gasteiger partial charge in [-0.25, -0.2) is 4.79 Å². The maximum atomic E-state index is 12.9. The van der Waals surface area contributed by atoms with Crippen molar-refractivity contribution in [2.75, 3.05) is 7.11 Å². The normalized spacial score (nSPS) is 14.5. The van der Waals surface area contributed by atoms with E-state index in [9.17, 15) is 9.59 Å². The fraction of sp³-hybridized carbons (Fsp3) is 0.120. The van der Waals surface area contributed by atoms with Gasteiger partial charge in [0.15, 0.2) is 11.5 Å². The Morgan fingerprint density at radius 3 is 2.21 bits per heavy atom. The smallest absolute Gasteiger partial charge is 0.329 e. The summed E-state index contributed by atoms with van der Waals surface area (Å²) in [5, 5.41) is 2.95. The van der Waals surface area contributed by atoms with Crippen LogP contribution in [0.15, 0.2) is 75.3 Å². The summed E-state index contributed by atoms with van der Waals surface area (Å²) in [6.07, 6.45) is 1.56. The van der Waals surface area contributed by atoms with Crippen LogP contribution in [0.25, 0.3) is 6.08 Å². The number of rotatable bonds is 7. The van der Waals surface area contributed by atoms with E-state index in [0.717, 1.165) is 25.0 Å². The van der Waals surface area contributed by atoms with Crippen molar-refractivity contribution >= 4 is 61.5 Å². The van der Waals surface area contributed by atoms with Crippen molar-refractivity contribution in [3.8, 4) is 11.5 Å². The van der Waals surface area contributed by atoms with Crippen LogP contribution in [0.3, 0.4) is 0 Å². The number of ether oxygens (including phenoxy) is 2. The van der Waals surface area contributed by atoms with Gasteiger partial charge in [0, 0.05) is 8.95 Å². The highest BCUT2D eigenvalue weighted by Crippen LogP contribution is 2.37. The zero-order chi connectivity index (χ0) is 24.2. The van der Waals surface area contributed by atoms with E-state index in [1.807, 2.05) is 48.5 Å². The molecule has 6 nitrogen and oxygen atoms in total. The Balaban J connectivity index is 1.52. The predicted molar refractivity (Wildman–Crippen MR) is 138 cm³/mol. The number of imide groups is 1. The van der Waals surface area contributed by atoms with Gasteiger partial charge in [-0.05, 0) is 59.2 Å². The number of benzene rings is 3. The van der Waals surface area contributed by atoms with Gasteiger partial charge < -0.3 is 14.8 Å². The second-order valence-corrected chi connectivity index (χ2v) is 9.69. The second kappa shape index (κ2) is 10.6. The van der Waals surface area contributed by atoms with E-state index in [2.05, 4.69) is 37.2 Å². The van der Waals surface area contributed by atoms with Gasteiger partial charge in [-0.3, -0.25) is 9.69 Å². The molecule has 0 bridgehead atoms. The third-order valence-electron chi connectivity index (χ3n) is 5.08. The predicted octanol–water partition coefficient (Wildman–Crippen LogP) is 6.55. The van der Waals surface area contributed by atoms with E-state index in [1.165, 1.54) is 7.11 Å². The fourth-order valence-electron chi connectivity index (χ4n) is 3.35. The first kappa shape index (κ1) is 24.3. The van der Waals surface area contributed by atoms with Crippen molar-refractivity contribution in [2.24, 2.45) is 0 Å². The Morgan fingerprint density at radius 1 is 0.971 bits per heavy atom. The van der Waals surface area contributed by atoms with Crippen molar-refractivity contribution in [3.63, 3.8) is 0 Å². The molecular formula is C25H19Br2ClN2O4. The van der Waals surface area contributed by atoms with Gasteiger partial charge in [-0.2, -0.15) is 0 Å². The van der Waals surface area contributed by atoms with E-state index in [1.54, 1.807) is 18.2 Å². The van der Waals surface area contributed by atoms with Crippen LogP contribution in [0.5, 0.6) is 11.5 Å². The first-order chi connectivity index (χ1) is 16.3. The number of nitrogens with zero attached hydrogens (tertiary/aromatic N) is 1. The first-order valence-corrected chi connectivity index (χ1v) is 12.1. The van der Waals surface area contributed by atoms with Gasteiger partial charge in [0.2, 0.25) is 0 Å². The molecule has 1 N–H and O–H groups in total. The lowest BCUT2D eigenvalue weighted by Crippen LogP contribution is -2.30. The number of halogens is 3. The van der Waals surface area contributed by atoms with Crippen LogP contribution in [0, 0.1) is 0 Å².